The number of methoxy groups -OCH3 is 1. The van der Waals surface area contributed by atoms with Crippen molar-refractivity contribution in [1.29, 1.82) is 0 Å². The predicted octanol–water partition coefficient (Wildman–Crippen LogP) is 3.16. The van der Waals surface area contributed by atoms with Crippen molar-refractivity contribution in [3.05, 3.63) is 46.2 Å². The fourth-order valence-electron chi connectivity index (χ4n) is 2.65. The number of hydrogen-bond acceptors (Lipinski definition) is 5. The van der Waals surface area contributed by atoms with Gasteiger partial charge in [-0.15, -0.1) is 11.3 Å². The van der Waals surface area contributed by atoms with Crippen molar-refractivity contribution in [2.45, 2.75) is 32.7 Å². The topological polar surface area (TPSA) is 75.1 Å². The summed E-state index contributed by atoms with van der Waals surface area (Å²) in [6.45, 7) is 8.82. The van der Waals surface area contributed by atoms with Crippen molar-refractivity contribution in [3.63, 3.8) is 0 Å². The molecule has 3 N–H and O–H groups in total. The Morgan fingerprint density at radius 1 is 1.21 bits per heavy atom. The number of rotatable bonds is 10. The molecule has 2 rings (SSSR count). The highest BCUT2D eigenvalue weighted by molar-refractivity contribution is 7.10. The average Bonchev–Trinajstić information content (AvgIpc) is 3.24. The number of hydrogen-bond donors (Lipinski definition) is 3. The van der Waals surface area contributed by atoms with E-state index in [0.717, 1.165) is 24.6 Å². The Balaban J connectivity index is 2.03. The van der Waals surface area contributed by atoms with Crippen LogP contribution in [0.5, 0.6) is 11.5 Å². The van der Waals surface area contributed by atoms with Gasteiger partial charge < -0.3 is 25.2 Å². The van der Waals surface area contributed by atoms with E-state index < -0.39 is 0 Å². The second-order valence-corrected chi connectivity index (χ2v) is 7.91. The van der Waals surface area contributed by atoms with Gasteiger partial charge >= 0.3 is 0 Å². The molecular weight excluding hydrogens is 374 g/mol. The Labute approximate surface area is 171 Å². The Bertz CT molecular complexity index is 745. The monoisotopic (exact) mass is 405 g/mol. The number of aliphatic imine (C=N–C) groups is 1. The lowest BCUT2D eigenvalue weighted by atomic mass is 9.91. The van der Waals surface area contributed by atoms with Gasteiger partial charge in [0.05, 0.1) is 20.3 Å². The van der Waals surface area contributed by atoms with Gasteiger partial charge in [-0.1, -0.05) is 26.0 Å². The van der Waals surface area contributed by atoms with Gasteiger partial charge in [-0.3, -0.25) is 0 Å². The summed E-state index contributed by atoms with van der Waals surface area (Å²) in [5.41, 5.74) is 1.04. The zero-order valence-corrected chi connectivity index (χ0v) is 17.9. The van der Waals surface area contributed by atoms with Gasteiger partial charge in [-0.2, -0.15) is 0 Å². The zero-order chi connectivity index (χ0) is 20.4. The van der Waals surface area contributed by atoms with E-state index in [1.54, 1.807) is 18.4 Å². The Kier molecular flexibility index (Phi) is 8.60. The Hall–Kier alpha value is -2.25. The van der Waals surface area contributed by atoms with E-state index in [1.165, 1.54) is 4.88 Å². The molecule has 0 aliphatic carbocycles. The Morgan fingerprint density at radius 2 is 2.04 bits per heavy atom. The van der Waals surface area contributed by atoms with Crippen LogP contribution in [-0.2, 0) is 12.0 Å². The van der Waals surface area contributed by atoms with E-state index in [4.69, 9.17) is 19.6 Å². The minimum Gasteiger partial charge on any atom is -0.493 e. The third-order valence-electron chi connectivity index (χ3n) is 4.23. The molecule has 1 heterocycles. The molecule has 0 spiro atoms. The molecule has 7 heteroatoms. The summed E-state index contributed by atoms with van der Waals surface area (Å²) in [5, 5.41) is 17.8. The zero-order valence-electron chi connectivity index (χ0n) is 17.1. The van der Waals surface area contributed by atoms with Gasteiger partial charge in [0.2, 0.25) is 0 Å². The number of nitrogens with one attached hydrogen (secondary N) is 2. The van der Waals surface area contributed by atoms with Gasteiger partial charge in [0.1, 0.15) is 6.61 Å². The molecule has 0 amide bonds. The maximum atomic E-state index is 8.91. The summed E-state index contributed by atoms with van der Waals surface area (Å²) < 4.78 is 10.9. The van der Waals surface area contributed by atoms with Crippen molar-refractivity contribution in [1.82, 2.24) is 10.6 Å². The Morgan fingerprint density at radius 3 is 2.68 bits per heavy atom. The third-order valence-corrected chi connectivity index (χ3v) is 5.46. The molecule has 1 aromatic heterocycles. The van der Waals surface area contributed by atoms with Gasteiger partial charge in [0.15, 0.2) is 17.5 Å². The molecule has 0 atom stereocenters. The molecule has 0 bridgehead atoms. The first-order chi connectivity index (χ1) is 13.5. The fraction of sp³-hybridized carbons (Fsp3) is 0.476. The molecule has 1 aromatic carbocycles. The summed E-state index contributed by atoms with van der Waals surface area (Å²) in [6.07, 6.45) is 0. The van der Waals surface area contributed by atoms with Crippen LogP contribution in [0.3, 0.4) is 0 Å². The minimum atomic E-state index is -0.0330. The van der Waals surface area contributed by atoms with Crippen molar-refractivity contribution in [2.75, 3.05) is 33.4 Å². The number of ether oxygens (including phenoxy) is 2. The van der Waals surface area contributed by atoms with E-state index in [0.29, 0.717) is 18.0 Å². The first-order valence-corrected chi connectivity index (χ1v) is 10.3. The summed E-state index contributed by atoms with van der Waals surface area (Å²) in [6, 6.07) is 9.97. The van der Waals surface area contributed by atoms with Crippen LogP contribution in [0.25, 0.3) is 0 Å². The summed E-state index contributed by atoms with van der Waals surface area (Å²) in [4.78, 5) is 6.04. The van der Waals surface area contributed by atoms with Crippen LogP contribution in [0.1, 0.15) is 31.2 Å². The summed E-state index contributed by atoms with van der Waals surface area (Å²) >= 11 is 1.77. The lowest BCUT2D eigenvalue weighted by molar-refractivity contribution is 0.196. The van der Waals surface area contributed by atoms with Crippen LogP contribution in [0.2, 0.25) is 0 Å². The number of aliphatic hydroxyl groups excluding tert-OH is 1. The summed E-state index contributed by atoms with van der Waals surface area (Å²) in [5.74, 6) is 2.04. The number of nitrogens with zero attached hydrogens (tertiary/aromatic N) is 1. The van der Waals surface area contributed by atoms with Crippen LogP contribution in [-0.4, -0.2) is 44.5 Å². The molecule has 0 aliphatic heterocycles. The van der Waals surface area contributed by atoms with Crippen molar-refractivity contribution in [2.24, 2.45) is 4.99 Å². The molecule has 0 saturated heterocycles. The van der Waals surface area contributed by atoms with Crippen LogP contribution in [0, 0.1) is 0 Å². The van der Waals surface area contributed by atoms with Gasteiger partial charge in [-0.05, 0) is 36.1 Å². The molecule has 0 radical (unpaired) electrons. The van der Waals surface area contributed by atoms with Crippen molar-refractivity contribution >= 4 is 17.3 Å². The van der Waals surface area contributed by atoms with E-state index in [2.05, 4.69) is 48.9 Å². The van der Waals surface area contributed by atoms with E-state index >= 15 is 0 Å². The standard InChI is InChI=1S/C21H31N3O3S/c1-5-22-20(24-15-21(2,3)19-7-6-12-28-19)23-14-16-8-9-17(27-11-10-25)18(13-16)26-4/h6-9,12-13,25H,5,10-11,14-15H2,1-4H3,(H2,22,23,24). The smallest absolute Gasteiger partial charge is 0.191 e. The quantitative estimate of drug-likeness (QED) is 0.418. The molecule has 0 aliphatic rings. The number of thiophene rings is 1. The number of aliphatic hydroxyl groups is 1. The second kappa shape index (κ2) is 10.9. The maximum absolute atomic E-state index is 8.91. The van der Waals surface area contributed by atoms with Gasteiger partial charge in [0.25, 0.3) is 0 Å². The maximum Gasteiger partial charge on any atom is 0.191 e. The lowest BCUT2D eigenvalue weighted by Gasteiger charge is -2.25. The molecule has 6 nitrogen and oxygen atoms in total. The van der Waals surface area contributed by atoms with Crippen LogP contribution in [0.4, 0.5) is 0 Å². The first-order valence-electron chi connectivity index (χ1n) is 9.47. The molecule has 0 saturated carbocycles. The molecule has 2 aromatic rings. The van der Waals surface area contributed by atoms with E-state index in [1.807, 2.05) is 18.2 Å². The number of guanidine groups is 1. The molecule has 28 heavy (non-hydrogen) atoms. The normalized spacial score (nSPS) is 12.0. The van der Waals surface area contributed by atoms with Crippen molar-refractivity contribution < 1.29 is 14.6 Å². The minimum absolute atomic E-state index is 0.0271. The number of benzene rings is 1. The van der Waals surface area contributed by atoms with Crippen molar-refractivity contribution in [3.8, 4) is 11.5 Å². The molecule has 0 unspecified atom stereocenters. The van der Waals surface area contributed by atoms with Crippen LogP contribution < -0.4 is 20.1 Å². The van der Waals surface area contributed by atoms with E-state index in [-0.39, 0.29) is 18.6 Å². The highest BCUT2D eigenvalue weighted by atomic mass is 32.1. The highest BCUT2D eigenvalue weighted by Gasteiger charge is 2.21. The van der Waals surface area contributed by atoms with E-state index in [9.17, 15) is 0 Å². The molecule has 0 fully saturated rings. The second-order valence-electron chi connectivity index (χ2n) is 6.97. The predicted molar refractivity (Wildman–Crippen MR) is 116 cm³/mol. The van der Waals surface area contributed by atoms with Crippen LogP contribution >= 0.6 is 11.3 Å². The van der Waals surface area contributed by atoms with Gasteiger partial charge in [0, 0.05) is 23.4 Å². The third kappa shape index (κ3) is 6.42. The largest absolute Gasteiger partial charge is 0.493 e. The first kappa shape index (κ1) is 22.0. The highest BCUT2D eigenvalue weighted by Crippen LogP contribution is 2.28. The summed E-state index contributed by atoms with van der Waals surface area (Å²) in [7, 11) is 1.60. The lowest BCUT2D eigenvalue weighted by Crippen LogP contribution is -2.43. The van der Waals surface area contributed by atoms with Gasteiger partial charge in [-0.25, -0.2) is 4.99 Å². The fourth-order valence-corrected chi connectivity index (χ4v) is 3.50. The average molecular weight is 406 g/mol. The molecule has 154 valence electrons. The molecular formula is C21H31N3O3S. The SMILES string of the molecule is CCNC(=NCc1ccc(OCCO)c(OC)c1)NCC(C)(C)c1cccs1. The van der Waals surface area contributed by atoms with Crippen LogP contribution in [0.15, 0.2) is 40.7 Å².